The topological polar surface area (TPSA) is 107 Å². The number of nitrogens with one attached hydrogen (secondary N) is 1. The molecule has 0 spiro atoms. The van der Waals surface area contributed by atoms with Crippen molar-refractivity contribution in [3.63, 3.8) is 0 Å². The first kappa shape index (κ1) is 14.2. The van der Waals surface area contributed by atoms with E-state index in [4.69, 9.17) is 16.2 Å². The molecule has 1 aromatic heterocycles. The smallest absolute Gasteiger partial charge is 0.343 e. The minimum Gasteiger partial charge on any atom is -0.465 e. The Hall–Kier alpha value is -1.76. The summed E-state index contributed by atoms with van der Waals surface area (Å²) in [4.78, 5) is 23.6. The molecule has 2 fully saturated rings. The van der Waals surface area contributed by atoms with Crippen molar-refractivity contribution in [2.75, 3.05) is 18.2 Å². The number of amides is 1. The molecule has 0 aromatic carbocycles. The van der Waals surface area contributed by atoms with Crippen molar-refractivity contribution in [1.29, 1.82) is 0 Å². The van der Waals surface area contributed by atoms with Gasteiger partial charge < -0.3 is 21.5 Å². The zero-order chi connectivity index (χ0) is 15.1. The first-order chi connectivity index (χ1) is 10.0. The van der Waals surface area contributed by atoms with E-state index in [1.165, 1.54) is 32.8 Å². The monoisotopic (exact) mass is 309 g/mol. The van der Waals surface area contributed by atoms with Crippen molar-refractivity contribution in [3.05, 3.63) is 10.4 Å². The highest BCUT2D eigenvalue weighted by atomic mass is 32.1. The largest absolute Gasteiger partial charge is 0.465 e. The molecule has 0 bridgehead atoms. The third-order valence-corrected chi connectivity index (χ3v) is 5.27. The van der Waals surface area contributed by atoms with Crippen LogP contribution in [-0.4, -0.2) is 25.0 Å². The number of carbonyl (C=O) groups is 2. The van der Waals surface area contributed by atoms with Crippen molar-refractivity contribution in [1.82, 2.24) is 0 Å². The number of hydrogen-bond acceptors (Lipinski definition) is 6. The van der Waals surface area contributed by atoms with Gasteiger partial charge in [-0.1, -0.05) is 0 Å². The van der Waals surface area contributed by atoms with Crippen LogP contribution in [0, 0.1) is 11.8 Å². The normalized spacial score (nSPS) is 17.8. The first-order valence-electron chi connectivity index (χ1n) is 7.09. The summed E-state index contributed by atoms with van der Waals surface area (Å²) in [6.07, 6.45) is 4.85. The van der Waals surface area contributed by atoms with Gasteiger partial charge >= 0.3 is 5.97 Å². The number of rotatable bonds is 6. The second kappa shape index (κ2) is 5.22. The molecule has 3 rings (SSSR count). The van der Waals surface area contributed by atoms with Crippen molar-refractivity contribution in [2.45, 2.75) is 31.7 Å². The van der Waals surface area contributed by atoms with E-state index in [1.807, 2.05) is 0 Å². The molecule has 114 valence electrons. The summed E-state index contributed by atoms with van der Waals surface area (Å²) in [5.41, 5.74) is 11.6. The maximum atomic E-state index is 12.0. The Kier molecular flexibility index (Phi) is 3.52. The number of nitrogen functional groups attached to an aromatic ring is 1. The third kappa shape index (κ3) is 2.70. The summed E-state index contributed by atoms with van der Waals surface area (Å²) in [7, 11) is 1.30. The van der Waals surface area contributed by atoms with Crippen LogP contribution in [0.3, 0.4) is 0 Å². The summed E-state index contributed by atoms with van der Waals surface area (Å²) in [5, 5.41) is 4.04. The van der Waals surface area contributed by atoms with Crippen molar-refractivity contribution in [2.24, 2.45) is 17.6 Å². The quantitative estimate of drug-likeness (QED) is 0.695. The maximum Gasteiger partial charge on any atom is 0.343 e. The predicted molar refractivity (Wildman–Crippen MR) is 81.4 cm³/mol. The van der Waals surface area contributed by atoms with Gasteiger partial charge in [-0.3, -0.25) is 4.79 Å². The second-order valence-electron chi connectivity index (χ2n) is 5.75. The zero-order valence-corrected chi connectivity index (χ0v) is 12.7. The second-order valence-corrected chi connectivity index (χ2v) is 6.77. The van der Waals surface area contributed by atoms with Gasteiger partial charge in [0.25, 0.3) is 5.91 Å². The highest BCUT2D eigenvalue weighted by Crippen LogP contribution is 2.47. The van der Waals surface area contributed by atoms with Gasteiger partial charge in [-0.25, -0.2) is 4.79 Å². The molecule has 0 aliphatic heterocycles. The molecule has 1 aromatic rings. The highest BCUT2D eigenvalue weighted by molar-refractivity contribution is 7.19. The Morgan fingerprint density at radius 3 is 2.29 bits per heavy atom. The number of thiophene rings is 1. The minimum atomic E-state index is -0.620. The summed E-state index contributed by atoms with van der Waals surface area (Å²) >= 11 is 1.15. The van der Waals surface area contributed by atoms with E-state index in [2.05, 4.69) is 5.32 Å². The van der Waals surface area contributed by atoms with Gasteiger partial charge in [0.05, 0.1) is 12.8 Å². The van der Waals surface area contributed by atoms with Gasteiger partial charge in [0, 0.05) is 6.04 Å². The molecular formula is C14H19N3O3S. The number of hydrogen-bond donors (Lipinski definition) is 3. The van der Waals surface area contributed by atoms with Crippen molar-refractivity contribution in [3.8, 4) is 0 Å². The van der Waals surface area contributed by atoms with Crippen LogP contribution in [0.1, 0.15) is 45.7 Å². The fraction of sp³-hybridized carbons (Fsp3) is 0.571. The van der Waals surface area contributed by atoms with Crippen LogP contribution in [-0.2, 0) is 4.74 Å². The van der Waals surface area contributed by atoms with Crippen LogP contribution in [0.2, 0.25) is 0 Å². The maximum absolute atomic E-state index is 12.0. The molecule has 7 heteroatoms. The van der Waals surface area contributed by atoms with Gasteiger partial charge in [0.15, 0.2) is 0 Å². The molecule has 5 N–H and O–H groups in total. The standard InChI is InChI=1S/C14H19N3O3S/c1-20-14(19)8-9(15)11(12(16)18)21-13(8)17-10(6-2-3-6)7-4-5-7/h6-7,10,17H,2-5,15H2,1H3,(H2,16,18). The number of anilines is 2. The average molecular weight is 309 g/mol. The van der Waals surface area contributed by atoms with Gasteiger partial charge in [-0.05, 0) is 37.5 Å². The molecule has 2 aliphatic carbocycles. The molecule has 1 amide bonds. The van der Waals surface area contributed by atoms with Crippen LogP contribution < -0.4 is 16.8 Å². The number of carbonyl (C=O) groups excluding carboxylic acids is 2. The first-order valence-corrected chi connectivity index (χ1v) is 7.91. The van der Waals surface area contributed by atoms with E-state index in [-0.39, 0.29) is 16.1 Å². The number of esters is 1. The summed E-state index contributed by atoms with van der Waals surface area (Å²) in [6, 6.07) is 0.354. The average Bonchev–Trinajstić information content (AvgIpc) is 3.34. The zero-order valence-electron chi connectivity index (χ0n) is 11.8. The van der Waals surface area contributed by atoms with E-state index in [9.17, 15) is 9.59 Å². The Balaban J connectivity index is 1.93. The van der Waals surface area contributed by atoms with Crippen LogP contribution in [0.25, 0.3) is 0 Å². The Morgan fingerprint density at radius 1 is 1.29 bits per heavy atom. The van der Waals surface area contributed by atoms with Crippen LogP contribution >= 0.6 is 11.3 Å². The molecule has 0 unspecified atom stereocenters. The van der Waals surface area contributed by atoms with E-state index in [0.717, 1.165) is 11.3 Å². The van der Waals surface area contributed by atoms with Gasteiger partial charge in [-0.15, -0.1) is 11.3 Å². The summed E-state index contributed by atoms with van der Waals surface area (Å²) in [6.45, 7) is 0. The van der Waals surface area contributed by atoms with Gasteiger partial charge in [-0.2, -0.15) is 0 Å². The lowest BCUT2D eigenvalue weighted by Gasteiger charge is -2.18. The molecule has 2 aliphatic rings. The fourth-order valence-electron chi connectivity index (χ4n) is 2.72. The summed E-state index contributed by atoms with van der Waals surface area (Å²) < 4.78 is 4.78. The lowest BCUT2D eigenvalue weighted by molar-refractivity contribution is 0.0603. The Bertz CT molecular complexity index is 579. The predicted octanol–water partition coefficient (Wildman–Crippen LogP) is 1.82. The molecule has 6 nitrogen and oxygen atoms in total. The fourth-order valence-corrected chi connectivity index (χ4v) is 3.72. The number of ether oxygens (including phenoxy) is 1. The number of methoxy groups -OCH3 is 1. The lowest BCUT2D eigenvalue weighted by atomic mass is 10.1. The number of primary amides is 1. The SMILES string of the molecule is COC(=O)c1c(NC(C2CC2)C2CC2)sc(C(N)=O)c1N. The molecule has 0 atom stereocenters. The van der Waals surface area contributed by atoms with Crippen LogP contribution in [0.5, 0.6) is 0 Å². The van der Waals surface area contributed by atoms with Crippen LogP contribution in [0.4, 0.5) is 10.7 Å². The molecule has 0 saturated heterocycles. The Morgan fingerprint density at radius 2 is 1.86 bits per heavy atom. The molecular weight excluding hydrogens is 290 g/mol. The van der Waals surface area contributed by atoms with Crippen molar-refractivity contribution >= 4 is 33.9 Å². The molecule has 21 heavy (non-hydrogen) atoms. The molecule has 1 heterocycles. The molecule has 0 radical (unpaired) electrons. The van der Waals surface area contributed by atoms with E-state index >= 15 is 0 Å². The minimum absolute atomic E-state index is 0.118. The van der Waals surface area contributed by atoms with Gasteiger partial charge in [0.2, 0.25) is 0 Å². The number of nitrogens with two attached hydrogens (primary N) is 2. The lowest BCUT2D eigenvalue weighted by Crippen LogP contribution is -2.24. The van der Waals surface area contributed by atoms with Crippen LogP contribution in [0.15, 0.2) is 0 Å². The Labute approximate surface area is 126 Å². The van der Waals surface area contributed by atoms with Gasteiger partial charge in [0.1, 0.15) is 15.4 Å². The van der Waals surface area contributed by atoms with E-state index < -0.39 is 11.9 Å². The summed E-state index contributed by atoms with van der Waals surface area (Å²) in [5.74, 6) is 0.154. The van der Waals surface area contributed by atoms with E-state index in [0.29, 0.717) is 22.9 Å². The van der Waals surface area contributed by atoms with Crippen molar-refractivity contribution < 1.29 is 14.3 Å². The third-order valence-electron chi connectivity index (χ3n) is 4.12. The van der Waals surface area contributed by atoms with E-state index in [1.54, 1.807) is 0 Å². The molecule has 2 saturated carbocycles. The highest BCUT2D eigenvalue weighted by Gasteiger charge is 2.42.